The van der Waals surface area contributed by atoms with Gasteiger partial charge in [0.25, 0.3) is 0 Å². The van der Waals surface area contributed by atoms with Crippen LogP contribution in [0.2, 0.25) is 0 Å². The summed E-state index contributed by atoms with van der Waals surface area (Å²) in [6.07, 6.45) is 4.85. The van der Waals surface area contributed by atoms with Gasteiger partial charge in [0.1, 0.15) is 0 Å². The van der Waals surface area contributed by atoms with Crippen LogP contribution in [0.1, 0.15) is 37.0 Å². The largest absolute Gasteiger partial charge is 0.352 e. The Labute approximate surface area is 103 Å². The summed E-state index contributed by atoms with van der Waals surface area (Å²) in [6, 6.07) is 1.75. The Morgan fingerprint density at radius 2 is 2.06 bits per heavy atom. The summed E-state index contributed by atoms with van der Waals surface area (Å²) >= 11 is 0. The second-order valence-electron chi connectivity index (χ2n) is 4.05. The third-order valence-electron chi connectivity index (χ3n) is 2.65. The van der Waals surface area contributed by atoms with Gasteiger partial charge in [0.2, 0.25) is 0 Å². The van der Waals surface area contributed by atoms with Gasteiger partial charge in [0, 0.05) is 36.7 Å². The second-order valence-corrected chi connectivity index (χ2v) is 6.52. The highest BCUT2D eigenvalue weighted by molar-refractivity contribution is 7.91. The Morgan fingerprint density at radius 1 is 1.35 bits per heavy atom. The molecule has 96 valence electrons. The van der Waals surface area contributed by atoms with Crippen molar-refractivity contribution in [3.05, 3.63) is 24.0 Å². The maximum atomic E-state index is 11.6. The van der Waals surface area contributed by atoms with E-state index in [1.165, 1.54) is 0 Å². The first-order valence-electron chi connectivity index (χ1n) is 5.88. The third-order valence-corrected chi connectivity index (χ3v) is 4.33. The van der Waals surface area contributed by atoms with Gasteiger partial charge in [-0.15, -0.1) is 0 Å². The minimum Gasteiger partial charge on any atom is -0.352 e. The van der Waals surface area contributed by atoms with Crippen LogP contribution in [-0.4, -0.2) is 30.3 Å². The topological polar surface area (TPSA) is 56.1 Å². The predicted molar refractivity (Wildman–Crippen MR) is 68.0 cm³/mol. The first-order chi connectivity index (χ1) is 7.98. The van der Waals surface area contributed by atoms with Gasteiger partial charge in [0.05, 0.1) is 5.75 Å². The average molecular weight is 257 g/mol. The minimum atomic E-state index is -2.94. The molecule has 0 bridgehead atoms. The van der Waals surface area contributed by atoms with Crippen LogP contribution in [0.15, 0.2) is 18.5 Å². The molecule has 0 amide bonds. The number of aromatic nitrogens is 1. The molecule has 4 nitrogen and oxygen atoms in total. The molecule has 5 heteroatoms. The Bertz CT molecular complexity index is 474. The number of carbonyl (C=O) groups excluding carboxylic acids is 1. The molecule has 0 fully saturated rings. The molecule has 1 aromatic heterocycles. The monoisotopic (exact) mass is 257 g/mol. The fourth-order valence-corrected chi connectivity index (χ4v) is 2.28. The first-order valence-corrected chi connectivity index (χ1v) is 7.70. The molecular formula is C12H19NO3S. The molecule has 0 spiro atoms. The first kappa shape index (κ1) is 14.0. The van der Waals surface area contributed by atoms with E-state index in [2.05, 4.69) is 0 Å². The lowest BCUT2D eigenvalue weighted by atomic mass is 10.1. The van der Waals surface area contributed by atoms with E-state index in [1.54, 1.807) is 30.0 Å². The smallest absolute Gasteiger partial charge is 0.164 e. The van der Waals surface area contributed by atoms with E-state index in [9.17, 15) is 13.2 Å². The fraction of sp³-hybridized carbons (Fsp3) is 0.583. The average Bonchev–Trinajstić information content (AvgIpc) is 2.76. The summed E-state index contributed by atoms with van der Waals surface area (Å²) in [7, 11) is -2.94. The molecule has 1 rings (SSSR count). The molecule has 17 heavy (non-hydrogen) atoms. The number of hydrogen-bond donors (Lipinski definition) is 0. The van der Waals surface area contributed by atoms with Crippen LogP contribution in [0.3, 0.4) is 0 Å². The normalized spacial score (nSPS) is 11.6. The Balaban J connectivity index is 2.60. The van der Waals surface area contributed by atoms with Gasteiger partial charge in [-0.3, -0.25) is 4.79 Å². The molecule has 0 aliphatic carbocycles. The summed E-state index contributed by atoms with van der Waals surface area (Å²) in [5, 5.41) is 0. The molecule has 0 saturated carbocycles. The van der Waals surface area contributed by atoms with E-state index < -0.39 is 9.84 Å². The van der Waals surface area contributed by atoms with Crippen molar-refractivity contribution in [3.63, 3.8) is 0 Å². The van der Waals surface area contributed by atoms with Gasteiger partial charge >= 0.3 is 0 Å². The Hall–Kier alpha value is -1.10. The van der Waals surface area contributed by atoms with E-state index in [0.717, 1.165) is 6.42 Å². The van der Waals surface area contributed by atoms with Gasteiger partial charge < -0.3 is 4.57 Å². The molecule has 1 heterocycles. The summed E-state index contributed by atoms with van der Waals surface area (Å²) in [5.41, 5.74) is 0.667. The molecule has 0 radical (unpaired) electrons. The number of nitrogens with zero attached hydrogens (tertiary/aromatic N) is 1. The van der Waals surface area contributed by atoms with Crippen molar-refractivity contribution >= 4 is 15.6 Å². The maximum Gasteiger partial charge on any atom is 0.164 e. The van der Waals surface area contributed by atoms with Gasteiger partial charge in [0.15, 0.2) is 15.6 Å². The summed E-state index contributed by atoms with van der Waals surface area (Å²) in [4.78, 5) is 11.6. The SMILES string of the molecule is CCCC(=O)c1ccn(CCS(=O)(=O)CC)c1. The molecule has 0 atom stereocenters. The number of rotatable bonds is 7. The molecule has 1 aromatic rings. The number of hydrogen-bond acceptors (Lipinski definition) is 3. The van der Waals surface area contributed by atoms with E-state index in [-0.39, 0.29) is 17.3 Å². The highest BCUT2D eigenvalue weighted by Crippen LogP contribution is 2.07. The van der Waals surface area contributed by atoms with Gasteiger partial charge in [-0.05, 0) is 12.5 Å². The van der Waals surface area contributed by atoms with E-state index in [1.807, 2.05) is 6.92 Å². The van der Waals surface area contributed by atoms with E-state index >= 15 is 0 Å². The van der Waals surface area contributed by atoms with Crippen LogP contribution >= 0.6 is 0 Å². The Morgan fingerprint density at radius 3 is 2.65 bits per heavy atom. The molecule has 0 aliphatic heterocycles. The molecule has 0 aliphatic rings. The van der Waals surface area contributed by atoms with Crippen molar-refractivity contribution in [2.24, 2.45) is 0 Å². The van der Waals surface area contributed by atoms with Crippen molar-refractivity contribution in [2.75, 3.05) is 11.5 Å². The van der Waals surface area contributed by atoms with Crippen LogP contribution in [-0.2, 0) is 16.4 Å². The van der Waals surface area contributed by atoms with Crippen molar-refractivity contribution in [1.82, 2.24) is 4.57 Å². The lowest BCUT2D eigenvalue weighted by Crippen LogP contribution is -2.13. The van der Waals surface area contributed by atoms with E-state index in [0.29, 0.717) is 18.5 Å². The molecule has 0 N–H and O–H groups in total. The highest BCUT2D eigenvalue weighted by atomic mass is 32.2. The summed E-state index contributed by atoms with van der Waals surface area (Å²) < 4.78 is 24.4. The second kappa shape index (κ2) is 6.00. The van der Waals surface area contributed by atoms with Crippen LogP contribution in [0.5, 0.6) is 0 Å². The van der Waals surface area contributed by atoms with Gasteiger partial charge in [-0.1, -0.05) is 13.8 Å². The van der Waals surface area contributed by atoms with Gasteiger partial charge in [-0.2, -0.15) is 0 Å². The van der Waals surface area contributed by atoms with E-state index in [4.69, 9.17) is 0 Å². The molecule has 0 saturated heterocycles. The minimum absolute atomic E-state index is 0.115. The lowest BCUT2D eigenvalue weighted by Gasteiger charge is -2.02. The van der Waals surface area contributed by atoms with Crippen molar-refractivity contribution < 1.29 is 13.2 Å². The van der Waals surface area contributed by atoms with Crippen molar-refractivity contribution in [3.8, 4) is 0 Å². The molecular weight excluding hydrogens is 238 g/mol. The fourth-order valence-electron chi connectivity index (χ4n) is 1.51. The standard InChI is InChI=1S/C12H19NO3S/c1-3-5-12(14)11-6-7-13(10-11)8-9-17(15,16)4-2/h6-7,10H,3-5,8-9H2,1-2H3. The van der Waals surface area contributed by atoms with Crippen molar-refractivity contribution in [1.29, 1.82) is 0 Å². The third kappa shape index (κ3) is 4.34. The van der Waals surface area contributed by atoms with Crippen LogP contribution < -0.4 is 0 Å². The maximum absolute atomic E-state index is 11.6. The zero-order valence-electron chi connectivity index (χ0n) is 10.3. The number of carbonyl (C=O) groups is 1. The van der Waals surface area contributed by atoms with Gasteiger partial charge in [-0.25, -0.2) is 8.42 Å². The zero-order valence-corrected chi connectivity index (χ0v) is 11.2. The lowest BCUT2D eigenvalue weighted by molar-refractivity contribution is 0.0981. The summed E-state index contributed by atoms with van der Waals surface area (Å²) in [6.45, 7) is 4.01. The number of sulfone groups is 1. The van der Waals surface area contributed by atoms with Crippen LogP contribution in [0.25, 0.3) is 0 Å². The van der Waals surface area contributed by atoms with Crippen LogP contribution in [0, 0.1) is 0 Å². The number of aryl methyl sites for hydroxylation is 1. The predicted octanol–water partition coefficient (Wildman–Crippen LogP) is 1.91. The van der Waals surface area contributed by atoms with Crippen LogP contribution in [0.4, 0.5) is 0 Å². The number of Topliss-reactive ketones (excluding diaryl/α,β-unsaturated/α-hetero) is 1. The highest BCUT2D eigenvalue weighted by Gasteiger charge is 2.09. The van der Waals surface area contributed by atoms with Crippen molar-refractivity contribution in [2.45, 2.75) is 33.2 Å². The molecule has 0 aromatic carbocycles. The number of ketones is 1. The molecule has 0 unspecified atom stereocenters. The summed E-state index contributed by atoms with van der Waals surface area (Å²) in [5.74, 6) is 0.403. The quantitative estimate of drug-likeness (QED) is 0.701. The zero-order chi connectivity index (χ0) is 12.9. The Kier molecular flexibility index (Phi) is 4.93.